The Hall–Kier alpha value is 0.340. The van der Waals surface area contributed by atoms with Crippen LogP contribution in [0.15, 0.2) is 0 Å². The Kier molecular flexibility index (Phi) is 7.19. The van der Waals surface area contributed by atoms with E-state index in [0.29, 0.717) is 0 Å². The van der Waals surface area contributed by atoms with Crippen molar-refractivity contribution in [3.63, 3.8) is 0 Å². The largest absolute Gasteiger partial charge is 1.00 e. The minimum atomic E-state index is -5.06. The fraction of sp³-hybridized carbons (Fsp3) is 0.875. The Balaban J connectivity index is 0.00000361. The third-order valence-corrected chi connectivity index (χ3v) is 3.19. The second kappa shape index (κ2) is 7.07. The van der Waals surface area contributed by atoms with E-state index in [2.05, 4.69) is 4.18 Å². The number of ether oxygens (including phenoxy) is 1. The third kappa shape index (κ3) is 4.42. The molecule has 20 heavy (non-hydrogen) atoms. The van der Waals surface area contributed by atoms with Crippen LogP contribution in [0.1, 0.15) is 6.92 Å². The number of carbonyl (C=O) groups excluding carboxylic acids is 1. The summed E-state index contributed by atoms with van der Waals surface area (Å²) in [5.41, 5.74) is 5.37. The van der Waals surface area contributed by atoms with Crippen molar-refractivity contribution in [3.05, 3.63) is 0 Å². The van der Waals surface area contributed by atoms with Crippen LogP contribution in [-0.4, -0.2) is 70.8 Å². The summed E-state index contributed by atoms with van der Waals surface area (Å²) in [4.78, 5) is 11.3. The molecule has 1 saturated heterocycles. The number of hydrogen-bond acceptors (Lipinski definition) is 10. The van der Waals surface area contributed by atoms with Crippen molar-refractivity contribution < 1.29 is 71.6 Å². The quantitative estimate of drug-likeness (QED) is 0.220. The van der Waals surface area contributed by atoms with E-state index in [1.807, 2.05) is 0 Å². The third-order valence-electron chi connectivity index (χ3n) is 2.76. The summed E-state index contributed by atoms with van der Waals surface area (Å²) in [6.45, 7) is -0.0566. The molecule has 0 aliphatic carbocycles. The molecule has 1 aliphatic heterocycles. The van der Waals surface area contributed by atoms with Crippen molar-refractivity contribution in [3.8, 4) is 0 Å². The zero-order valence-electron chi connectivity index (χ0n) is 10.8. The number of Topliss-reactive ketones (excluding diaryl/α,β-unsaturated/α-hetero) is 1. The van der Waals surface area contributed by atoms with Crippen molar-refractivity contribution >= 4 is 16.2 Å². The molecule has 1 rings (SSSR count). The summed E-state index contributed by atoms with van der Waals surface area (Å²) in [7, 11) is -5.06. The summed E-state index contributed by atoms with van der Waals surface area (Å²) < 4.78 is 39.5. The van der Waals surface area contributed by atoms with Crippen molar-refractivity contribution in [2.24, 2.45) is 5.73 Å². The number of rotatable bonds is 4. The van der Waals surface area contributed by atoms with Gasteiger partial charge in [0.1, 0.15) is 18.3 Å². The molecule has 112 valence electrons. The first kappa shape index (κ1) is 20.3. The van der Waals surface area contributed by atoms with Crippen LogP contribution in [0, 0.1) is 0 Å². The van der Waals surface area contributed by atoms with E-state index in [1.165, 1.54) is 0 Å². The molecule has 12 heteroatoms. The second-order valence-electron chi connectivity index (χ2n) is 4.11. The Labute approximate surface area is 137 Å². The van der Waals surface area contributed by atoms with Crippen molar-refractivity contribution in [2.45, 2.75) is 37.1 Å². The molecule has 0 aromatic heterocycles. The van der Waals surface area contributed by atoms with Crippen LogP contribution in [-0.2, 0) is 24.1 Å². The van der Waals surface area contributed by atoms with Gasteiger partial charge in [-0.25, -0.2) is 8.42 Å². The molecule has 10 nitrogen and oxygen atoms in total. The van der Waals surface area contributed by atoms with Gasteiger partial charge in [0.25, 0.3) is 0 Å². The number of ketones is 1. The standard InChI is InChI=1S/C8H15NO9S.Na/c1-3(10)8(13)7(9)6(12)5(11)4(18-8)2-17-19(14,15)16;/h4-7,11-13H,2,9H2,1H3,(H,14,15,16);/q;+1/p-1/t4-,5-,6+,7-,8?;/m1./s1. The number of aliphatic hydroxyl groups is 3. The molecular weight excluding hydrogens is 309 g/mol. The van der Waals surface area contributed by atoms with Gasteiger partial charge in [-0.3, -0.25) is 8.98 Å². The zero-order chi connectivity index (χ0) is 15.0. The maximum Gasteiger partial charge on any atom is 1.00 e. The first-order valence-electron chi connectivity index (χ1n) is 5.12. The van der Waals surface area contributed by atoms with E-state index in [1.54, 1.807) is 0 Å². The van der Waals surface area contributed by atoms with Crippen LogP contribution in [0.5, 0.6) is 0 Å². The SMILES string of the molecule is CC(=O)C1(O)O[C@H](COS(=O)(=O)[O-])[C@@H](O)[C@H](O)[C@H]1N.[Na+]. The van der Waals surface area contributed by atoms with Gasteiger partial charge in [0.2, 0.25) is 16.2 Å². The summed E-state index contributed by atoms with van der Waals surface area (Å²) in [5.74, 6) is -3.57. The van der Waals surface area contributed by atoms with Gasteiger partial charge in [0.05, 0.1) is 12.6 Å². The van der Waals surface area contributed by atoms with Crippen molar-refractivity contribution in [1.29, 1.82) is 0 Å². The average Bonchev–Trinajstić information content (AvgIpc) is 2.28. The van der Waals surface area contributed by atoms with Crippen LogP contribution in [0.3, 0.4) is 0 Å². The van der Waals surface area contributed by atoms with E-state index in [-0.39, 0.29) is 29.6 Å². The van der Waals surface area contributed by atoms with Gasteiger partial charge >= 0.3 is 29.6 Å². The van der Waals surface area contributed by atoms with Crippen LogP contribution in [0.4, 0.5) is 0 Å². The van der Waals surface area contributed by atoms with Gasteiger partial charge in [-0.2, -0.15) is 0 Å². The summed E-state index contributed by atoms with van der Waals surface area (Å²) in [6.07, 6.45) is -5.13. The van der Waals surface area contributed by atoms with Gasteiger partial charge in [-0.05, 0) is 0 Å². The predicted molar refractivity (Wildman–Crippen MR) is 56.1 cm³/mol. The molecule has 0 amide bonds. The van der Waals surface area contributed by atoms with E-state index in [4.69, 9.17) is 10.5 Å². The number of hydrogen-bond donors (Lipinski definition) is 4. The fourth-order valence-electron chi connectivity index (χ4n) is 1.64. The average molecular weight is 323 g/mol. The molecule has 0 aromatic rings. The Morgan fingerprint density at radius 1 is 1.45 bits per heavy atom. The van der Waals surface area contributed by atoms with Crippen LogP contribution in [0.2, 0.25) is 0 Å². The number of carbonyl (C=O) groups is 1. The molecule has 1 unspecified atom stereocenters. The minimum absolute atomic E-state index is 0. The van der Waals surface area contributed by atoms with Gasteiger partial charge in [-0.1, -0.05) is 0 Å². The Morgan fingerprint density at radius 3 is 2.35 bits per heavy atom. The number of nitrogens with two attached hydrogens (primary N) is 1. The smallest absolute Gasteiger partial charge is 0.726 e. The van der Waals surface area contributed by atoms with E-state index in [0.717, 1.165) is 6.92 Å². The predicted octanol–water partition coefficient (Wildman–Crippen LogP) is -6.81. The molecule has 0 spiro atoms. The molecule has 0 radical (unpaired) electrons. The first-order chi connectivity index (χ1) is 8.49. The molecule has 5 atom stereocenters. The van der Waals surface area contributed by atoms with E-state index < -0.39 is 52.9 Å². The van der Waals surface area contributed by atoms with Crippen LogP contribution >= 0.6 is 0 Å². The molecule has 1 fully saturated rings. The second-order valence-corrected chi connectivity index (χ2v) is 5.16. The molecule has 0 aromatic carbocycles. The van der Waals surface area contributed by atoms with Gasteiger partial charge < -0.3 is 30.3 Å². The molecular formula is C8H14NNaO9S. The minimum Gasteiger partial charge on any atom is -0.726 e. The van der Waals surface area contributed by atoms with Crippen molar-refractivity contribution in [1.82, 2.24) is 0 Å². The Morgan fingerprint density at radius 2 is 1.95 bits per heavy atom. The molecule has 0 saturated carbocycles. The maximum atomic E-state index is 11.3. The molecule has 5 N–H and O–H groups in total. The summed E-state index contributed by atoms with van der Waals surface area (Å²) in [6, 6.07) is -1.64. The first-order valence-corrected chi connectivity index (χ1v) is 6.45. The van der Waals surface area contributed by atoms with Gasteiger partial charge in [-0.15, -0.1) is 0 Å². The van der Waals surface area contributed by atoms with Gasteiger partial charge in [0, 0.05) is 6.92 Å². The fourth-order valence-corrected chi connectivity index (χ4v) is 1.94. The molecule has 1 aliphatic rings. The summed E-state index contributed by atoms with van der Waals surface area (Å²) in [5, 5.41) is 29.0. The maximum absolute atomic E-state index is 11.3. The Bertz CT molecular complexity index is 457. The van der Waals surface area contributed by atoms with E-state index in [9.17, 15) is 33.1 Å². The number of aliphatic hydroxyl groups excluding tert-OH is 2. The van der Waals surface area contributed by atoms with Gasteiger partial charge in [0.15, 0.2) is 5.78 Å². The topological polar surface area (TPSA) is 179 Å². The summed E-state index contributed by atoms with van der Waals surface area (Å²) >= 11 is 0. The zero-order valence-corrected chi connectivity index (χ0v) is 13.6. The van der Waals surface area contributed by atoms with Crippen LogP contribution in [0.25, 0.3) is 0 Å². The van der Waals surface area contributed by atoms with E-state index >= 15 is 0 Å². The molecule has 0 bridgehead atoms. The van der Waals surface area contributed by atoms with Crippen LogP contribution < -0.4 is 35.3 Å². The van der Waals surface area contributed by atoms with Crippen molar-refractivity contribution in [2.75, 3.05) is 6.61 Å². The monoisotopic (exact) mass is 323 g/mol. The molecule has 1 heterocycles. The normalized spacial score (nSPS) is 38.1.